The zero-order valence-corrected chi connectivity index (χ0v) is 13.6. The highest BCUT2D eigenvalue weighted by Crippen LogP contribution is 2.20. The molecule has 0 radical (unpaired) electrons. The number of alkyl halides is 2. The van der Waals surface area contributed by atoms with Gasteiger partial charge < -0.3 is 15.4 Å². The van der Waals surface area contributed by atoms with Crippen molar-refractivity contribution in [1.82, 2.24) is 10.6 Å². The molecule has 25 heavy (non-hydrogen) atoms. The first-order valence-electron chi connectivity index (χ1n) is 7.70. The van der Waals surface area contributed by atoms with E-state index >= 15 is 0 Å². The Balaban J connectivity index is 1.99. The molecule has 0 fully saturated rings. The quantitative estimate of drug-likeness (QED) is 0.808. The average molecular weight is 348 g/mol. The maximum atomic E-state index is 12.4. The molecule has 0 aliphatic rings. The number of nitrogens with one attached hydrogen (secondary N) is 2. The fourth-order valence-electron chi connectivity index (χ4n) is 2.17. The van der Waals surface area contributed by atoms with Crippen LogP contribution in [0, 0.1) is 0 Å². The minimum Gasteiger partial charge on any atom is -0.434 e. The van der Waals surface area contributed by atoms with Crippen molar-refractivity contribution in [2.75, 3.05) is 6.54 Å². The first-order valence-corrected chi connectivity index (χ1v) is 7.70. The molecular formula is C18H18F2N2O3. The molecule has 2 aromatic rings. The number of benzene rings is 2. The second kappa shape index (κ2) is 8.77. The van der Waals surface area contributed by atoms with E-state index in [4.69, 9.17) is 0 Å². The van der Waals surface area contributed by atoms with Gasteiger partial charge in [-0.1, -0.05) is 24.3 Å². The van der Waals surface area contributed by atoms with Crippen LogP contribution in [0.2, 0.25) is 0 Å². The van der Waals surface area contributed by atoms with Gasteiger partial charge in [-0.25, -0.2) is 0 Å². The minimum absolute atomic E-state index is 0.0294. The molecule has 0 aromatic heterocycles. The van der Waals surface area contributed by atoms with Gasteiger partial charge in [0.2, 0.25) is 0 Å². The Bertz CT molecular complexity index is 733. The zero-order chi connectivity index (χ0) is 18.2. The number of rotatable bonds is 7. The molecule has 0 spiro atoms. The third-order valence-electron chi connectivity index (χ3n) is 3.35. The van der Waals surface area contributed by atoms with Crippen molar-refractivity contribution in [3.05, 3.63) is 65.2 Å². The Morgan fingerprint density at radius 2 is 1.68 bits per heavy atom. The van der Waals surface area contributed by atoms with Crippen molar-refractivity contribution in [1.29, 1.82) is 0 Å². The fraction of sp³-hybridized carbons (Fsp3) is 0.222. The number of carbonyl (C=O) groups excluding carboxylic acids is 2. The minimum atomic E-state index is -3.00. The fourth-order valence-corrected chi connectivity index (χ4v) is 2.17. The summed E-state index contributed by atoms with van der Waals surface area (Å²) in [6.45, 7) is -0.443. The van der Waals surface area contributed by atoms with Gasteiger partial charge in [-0.15, -0.1) is 0 Å². The summed E-state index contributed by atoms with van der Waals surface area (Å²) in [4.78, 5) is 23.9. The molecule has 0 saturated carbocycles. The zero-order valence-electron chi connectivity index (χ0n) is 13.6. The lowest BCUT2D eigenvalue weighted by molar-refractivity contribution is -0.0501. The molecule has 0 bridgehead atoms. The van der Waals surface area contributed by atoms with Gasteiger partial charge in [0.25, 0.3) is 11.8 Å². The van der Waals surface area contributed by atoms with Crippen molar-refractivity contribution < 1.29 is 23.1 Å². The number of ether oxygens (including phenoxy) is 1. The van der Waals surface area contributed by atoms with Gasteiger partial charge in [0.05, 0.1) is 5.56 Å². The summed E-state index contributed by atoms with van der Waals surface area (Å²) in [7, 11) is 0. The monoisotopic (exact) mass is 348 g/mol. The average Bonchev–Trinajstić information content (AvgIpc) is 2.60. The van der Waals surface area contributed by atoms with Gasteiger partial charge in [0.1, 0.15) is 5.75 Å². The van der Waals surface area contributed by atoms with E-state index in [1.807, 2.05) is 6.92 Å². The van der Waals surface area contributed by atoms with Crippen LogP contribution in [-0.2, 0) is 6.54 Å². The van der Waals surface area contributed by atoms with Crippen LogP contribution in [0.5, 0.6) is 5.75 Å². The van der Waals surface area contributed by atoms with Gasteiger partial charge in [0, 0.05) is 18.7 Å². The lowest BCUT2D eigenvalue weighted by Crippen LogP contribution is -2.24. The van der Waals surface area contributed by atoms with Crippen LogP contribution in [0.25, 0.3) is 0 Å². The molecule has 2 N–H and O–H groups in total. The van der Waals surface area contributed by atoms with Gasteiger partial charge in [-0.3, -0.25) is 9.59 Å². The molecule has 0 unspecified atom stereocenters. The van der Waals surface area contributed by atoms with Crippen molar-refractivity contribution in [2.24, 2.45) is 0 Å². The van der Waals surface area contributed by atoms with Crippen LogP contribution in [0.4, 0.5) is 8.78 Å². The standard InChI is InChI=1S/C18H18F2N2O3/c1-2-21-16(23)13-9-7-12(8-10-13)11-22-17(24)14-5-3-4-6-15(14)25-18(19)20/h3-10,18H,2,11H2,1H3,(H,21,23)(H,22,24). The first kappa shape index (κ1) is 18.4. The first-order chi connectivity index (χ1) is 12.0. The highest BCUT2D eigenvalue weighted by atomic mass is 19.3. The Morgan fingerprint density at radius 3 is 2.32 bits per heavy atom. The van der Waals surface area contributed by atoms with Crippen LogP contribution in [0.3, 0.4) is 0 Å². The second-order valence-electron chi connectivity index (χ2n) is 5.11. The van der Waals surface area contributed by atoms with E-state index in [9.17, 15) is 18.4 Å². The predicted octanol–water partition coefficient (Wildman–Crippen LogP) is 2.97. The van der Waals surface area contributed by atoms with E-state index < -0.39 is 12.5 Å². The molecular weight excluding hydrogens is 330 g/mol. The van der Waals surface area contributed by atoms with Crippen molar-refractivity contribution in [3.8, 4) is 5.75 Å². The van der Waals surface area contributed by atoms with Crippen molar-refractivity contribution in [3.63, 3.8) is 0 Å². The Kier molecular flexibility index (Phi) is 6.45. The summed E-state index contributed by atoms with van der Waals surface area (Å²) in [5.41, 5.74) is 1.32. The number of hydrogen-bond acceptors (Lipinski definition) is 3. The third kappa shape index (κ3) is 5.27. The van der Waals surface area contributed by atoms with Gasteiger partial charge >= 0.3 is 6.61 Å². The molecule has 5 nitrogen and oxygen atoms in total. The highest BCUT2D eigenvalue weighted by molar-refractivity contribution is 5.97. The Hall–Kier alpha value is -2.96. The Labute approximate surface area is 144 Å². The summed E-state index contributed by atoms with van der Waals surface area (Å²) < 4.78 is 29.1. The highest BCUT2D eigenvalue weighted by Gasteiger charge is 2.15. The lowest BCUT2D eigenvalue weighted by atomic mass is 10.1. The van der Waals surface area contributed by atoms with Crippen LogP contribution in [0.1, 0.15) is 33.2 Å². The maximum Gasteiger partial charge on any atom is 0.387 e. The number of amides is 2. The summed E-state index contributed by atoms with van der Waals surface area (Å²) in [5.74, 6) is -0.873. The van der Waals surface area contributed by atoms with Crippen LogP contribution in [0.15, 0.2) is 48.5 Å². The van der Waals surface area contributed by atoms with Crippen LogP contribution in [-0.4, -0.2) is 25.0 Å². The summed E-state index contributed by atoms with van der Waals surface area (Å²) in [5, 5.41) is 5.33. The third-order valence-corrected chi connectivity index (χ3v) is 3.35. The van der Waals surface area contributed by atoms with E-state index in [0.29, 0.717) is 12.1 Å². The van der Waals surface area contributed by atoms with Gasteiger partial charge in [0.15, 0.2) is 0 Å². The Morgan fingerprint density at radius 1 is 1.00 bits per heavy atom. The molecule has 2 aromatic carbocycles. The number of halogens is 2. The van der Waals surface area contributed by atoms with Crippen molar-refractivity contribution >= 4 is 11.8 Å². The van der Waals surface area contributed by atoms with Crippen LogP contribution < -0.4 is 15.4 Å². The van der Waals surface area contributed by atoms with Gasteiger partial charge in [-0.05, 0) is 36.8 Å². The topological polar surface area (TPSA) is 67.4 Å². The molecule has 0 heterocycles. The van der Waals surface area contributed by atoms with E-state index in [1.165, 1.54) is 18.2 Å². The molecule has 0 aliphatic carbocycles. The number of hydrogen-bond donors (Lipinski definition) is 2. The second-order valence-corrected chi connectivity index (χ2v) is 5.11. The molecule has 132 valence electrons. The van der Waals surface area contributed by atoms with Crippen molar-refractivity contribution in [2.45, 2.75) is 20.1 Å². The SMILES string of the molecule is CCNC(=O)c1ccc(CNC(=O)c2ccccc2OC(F)F)cc1. The smallest absolute Gasteiger partial charge is 0.387 e. The summed E-state index contributed by atoms with van der Waals surface area (Å²) >= 11 is 0. The number of para-hydroxylation sites is 1. The van der Waals surface area contributed by atoms with E-state index in [2.05, 4.69) is 15.4 Å². The molecule has 0 saturated heterocycles. The van der Waals surface area contributed by atoms with E-state index in [-0.39, 0.29) is 23.8 Å². The molecule has 7 heteroatoms. The summed E-state index contributed by atoms with van der Waals surface area (Å²) in [6.07, 6.45) is 0. The number of carbonyl (C=O) groups is 2. The predicted molar refractivity (Wildman–Crippen MR) is 88.7 cm³/mol. The van der Waals surface area contributed by atoms with E-state index in [0.717, 1.165) is 5.56 Å². The molecule has 2 rings (SSSR count). The normalized spacial score (nSPS) is 10.4. The summed E-state index contributed by atoms with van der Waals surface area (Å²) in [6, 6.07) is 12.5. The van der Waals surface area contributed by atoms with Crippen LogP contribution >= 0.6 is 0 Å². The molecule has 0 atom stereocenters. The van der Waals surface area contributed by atoms with Gasteiger partial charge in [-0.2, -0.15) is 8.78 Å². The lowest BCUT2D eigenvalue weighted by Gasteiger charge is -2.11. The molecule has 2 amide bonds. The largest absolute Gasteiger partial charge is 0.434 e. The maximum absolute atomic E-state index is 12.4. The molecule has 0 aliphatic heterocycles. The van der Waals surface area contributed by atoms with E-state index in [1.54, 1.807) is 30.3 Å².